The van der Waals surface area contributed by atoms with Crippen molar-refractivity contribution >= 4 is 11.9 Å². The topological polar surface area (TPSA) is 47.9 Å². The maximum Gasteiger partial charge on any atom is 0.253 e. The van der Waals surface area contributed by atoms with Gasteiger partial charge in [0.1, 0.15) is 0 Å². The van der Waals surface area contributed by atoms with Gasteiger partial charge < -0.3 is 15.1 Å². The summed E-state index contributed by atoms with van der Waals surface area (Å²) in [6.45, 7) is 3.01. The fourth-order valence-corrected chi connectivity index (χ4v) is 4.12. The highest BCUT2D eigenvalue weighted by Gasteiger charge is 2.35. The van der Waals surface area contributed by atoms with E-state index in [9.17, 15) is 4.79 Å². The number of carbonyl (C=O) groups excluding carboxylic acids is 1. The minimum absolute atomic E-state index is 0.0370. The van der Waals surface area contributed by atoms with Crippen LogP contribution in [0.2, 0.25) is 0 Å². The molecule has 1 amide bonds. The third-order valence-electron chi connectivity index (χ3n) is 5.55. The summed E-state index contributed by atoms with van der Waals surface area (Å²) >= 11 is 0. The molecule has 1 saturated carbocycles. The predicted octanol–water partition coefficient (Wildman–Crippen LogP) is 2.59. The second-order valence-electron chi connectivity index (χ2n) is 7.51. The molecule has 1 aliphatic heterocycles. The largest absolute Gasteiger partial charge is 0.352 e. The molecule has 0 aromatic heterocycles. The van der Waals surface area contributed by atoms with E-state index in [0.29, 0.717) is 0 Å². The molecule has 1 aliphatic carbocycles. The van der Waals surface area contributed by atoms with Gasteiger partial charge in [-0.3, -0.25) is 9.79 Å². The highest BCUT2D eigenvalue weighted by molar-refractivity contribution is 5.93. The molecule has 1 heterocycles. The lowest BCUT2D eigenvalue weighted by atomic mass is 9.82. The van der Waals surface area contributed by atoms with E-state index in [2.05, 4.69) is 15.2 Å². The van der Waals surface area contributed by atoms with Crippen LogP contribution in [0, 0.1) is 11.8 Å². The van der Waals surface area contributed by atoms with Crippen LogP contribution in [0.1, 0.15) is 41.6 Å². The summed E-state index contributed by atoms with van der Waals surface area (Å²) < 4.78 is 0. The molecular weight excluding hydrogens is 312 g/mol. The maximum atomic E-state index is 12.0. The zero-order valence-electron chi connectivity index (χ0n) is 15.7. The van der Waals surface area contributed by atoms with Gasteiger partial charge in [0.2, 0.25) is 0 Å². The van der Waals surface area contributed by atoms with Crippen molar-refractivity contribution in [2.45, 2.75) is 32.2 Å². The zero-order chi connectivity index (χ0) is 17.8. The molecule has 0 spiro atoms. The van der Waals surface area contributed by atoms with Crippen LogP contribution < -0.4 is 5.32 Å². The highest BCUT2D eigenvalue weighted by atomic mass is 16.2. The fraction of sp³-hybridized carbons (Fsp3) is 0.600. The molecule has 1 aromatic carbocycles. The first-order valence-electron chi connectivity index (χ1n) is 9.34. The van der Waals surface area contributed by atoms with Crippen molar-refractivity contribution in [1.29, 1.82) is 0 Å². The molecule has 1 N–H and O–H groups in total. The van der Waals surface area contributed by atoms with Gasteiger partial charge in [0, 0.05) is 46.3 Å². The third kappa shape index (κ3) is 4.14. The van der Waals surface area contributed by atoms with Gasteiger partial charge in [-0.05, 0) is 42.4 Å². The minimum atomic E-state index is 0.0370. The monoisotopic (exact) mass is 342 g/mol. The number of carbonyl (C=O) groups is 1. The van der Waals surface area contributed by atoms with Gasteiger partial charge in [-0.1, -0.05) is 25.0 Å². The van der Waals surface area contributed by atoms with Crippen LogP contribution in [0.3, 0.4) is 0 Å². The Bertz CT molecular complexity index is 609. The number of hydrogen-bond acceptors (Lipinski definition) is 2. The SMILES string of the molecule is CN=C(NCc1ccc(C(=O)N(C)C)cc1)N1CC2CCCCC2C1. The van der Waals surface area contributed by atoms with Crippen molar-refractivity contribution in [3.63, 3.8) is 0 Å². The summed E-state index contributed by atoms with van der Waals surface area (Å²) in [4.78, 5) is 20.5. The van der Waals surface area contributed by atoms with Crippen molar-refractivity contribution in [3.8, 4) is 0 Å². The molecule has 0 radical (unpaired) electrons. The van der Waals surface area contributed by atoms with Crippen LogP contribution in [0.15, 0.2) is 29.3 Å². The molecule has 1 aromatic rings. The summed E-state index contributed by atoms with van der Waals surface area (Å²) in [7, 11) is 5.41. The minimum Gasteiger partial charge on any atom is -0.352 e. The van der Waals surface area contributed by atoms with Gasteiger partial charge >= 0.3 is 0 Å². The van der Waals surface area contributed by atoms with Crippen LogP contribution in [0.25, 0.3) is 0 Å². The number of benzene rings is 1. The van der Waals surface area contributed by atoms with Crippen molar-refractivity contribution in [2.75, 3.05) is 34.2 Å². The average Bonchev–Trinajstić information content (AvgIpc) is 3.06. The van der Waals surface area contributed by atoms with Gasteiger partial charge in [-0.25, -0.2) is 0 Å². The van der Waals surface area contributed by atoms with E-state index in [4.69, 9.17) is 0 Å². The molecule has 1 saturated heterocycles. The Balaban J connectivity index is 1.56. The number of guanidine groups is 1. The Labute approximate surface area is 151 Å². The number of nitrogens with zero attached hydrogens (tertiary/aromatic N) is 3. The number of amides is 1. The third-order valence-corrected chi connectivity index (χ3v) is 5.55. The van der Waals surface area contributed by atoms with E-state index in [1.165, 1.54) is 25.7 Å². The van der Waals surface area contributed by atoms with Crippen LogP contribution in [-0.4, -0.2) is 55.9 Å². The molecule has 0 bridgehead atoms. The van der Waals surface area contributed by atoms with Gasteiger partial charge in [-0.15, -0.1) is 0 Å². The first kappa shape index (κ1) is 17.8. The number of rotatable bonds is 3. The Morgan fingerprint density at radius 1 is 1.16 bits per heavy atom. The molecule has 25 heavy (non-hydrogen) atoms. The summed E-state index contributed by atoms with van der Waals surface area (Å²) in [5, 5.41) is 3.49. The van der Waals surface area contributed by atoms with Crippen molar-refractivity contribution in [2.24, 2.45) is 16.8 Å². The van der Waals surface area contributed by atoms with E-state index >= 15 is 0 Å². The molecular formula is C20H30N4O. The Morgan fingerprint density at radius 3 is 2.28 bits per heavy atom. The Morgan fingerprint density at radius 2 is 1.76 bits per heavy atom. The molecule has 2 fully saturated rings. The van der Waals surface area contributed by atoms with Crippen LogP contribution in [0.4, 0.5) is 0 Å². The predicted molar refractivity (Wildman–Crippen MR) is 102 cm³/mol. The summed E-state index contributed by atoms with van der Waals surface area (Å²) in [6.07, 6.45) is 5.52. The number of likely N-dealkylation sites (tertiary alicyclic amines) is 1. The standard InChI is InChI=1S/C20H30N4O/c1-21-20(24-13-17-6-4-5-7-18(17)14-24)22-12-15-8-10-16(11-9-15)19(25)23(2)3/h8-11,17-18H,4-7,12-14H2,1-3H3,(H,21,22). The molecule has 2 aliphatic rings. The molecule has 3 rings (SSSR count). The van der Waals surface area contributed by atoms with Gasteiger partial charge in [0.25, 0.3) is 5.91 Å². The van der Waals surface area contributed by atoms with Crippen molar-refractivity contribution < 1.29 is 4.79 Å². The van der Waals surface area contributed by atoms with E-state index in [1.807, 2.05) is 31.3 Å². The first-order valence-corrected chi connectivity index (χ1v) is 9.34. The second kappa shape index (κ2) is 7.89. The van der Waals surface area contributed by atoms with Crippen LogP contribution in [-0.2, 0) is 6.54 Å². The van der Waals surface area contributed by atoms with Gasteiger partial charge in [-0.2, -0.15) is 0 Å². The number of hydrogen-bond donors (Lipinski definition) is 1. The highest BCUT2D eigenvalue weighted by Crippen LogP contribution is 2.35. The smallest absolute Gasteiger partial charge is 0.253 e. The summed E-state index contributed by atoms with van der Waals surface area (Å²) in [6, 6.07) is 7.82. The lowest BCUT2D eigenvalue weighted by molar-refractivity contribution is 0.0827. The normalized spacial score (nSPS) is 23.3. The molecule has 5 heteroatoms. The van der Waals surface area contributed by atoms with Crippen molar-refractivity contribution in [1.82, 2.24) is 15.1 Å². The lowest BCUT2D eigenvalue weighted by Crippen LogP contribution is -2.39. The summed E-state index contributed by atoms with van der Waals surface area (Å²) in [5.74, 6) is 2.74. The maximum absolute atomic E-state index is 12.0. The van der Waals surface area contributed by atoms with Crippen LogP contribution in [0.5, 0.6) is 0 Å². The average molecular weight is 342 g/mol. The van der Waals surface area contributed by atoms with E-state index in [1.54, 1.807) is 19.0 Å². The van der Waals surface area contributed by atoms with E-state index in [-0.39, 0.29) is 5.91 Å². The van der Waals surface area contributed by atoms with E-state index in [0.717, 1.165) is 48.6 Å². The first-order chi connectivity index (χ1) is 12.1. The molecule has 2 atom stereocenters. The van der Waals surface area contributed by atoms with Gasteiger partial charge in [0.05, 0.1) is 0 Å². The second-order valence-corrected chi connectivity index (χ2v) is 7.51. The summed E-state index contributed by atoms with van der Waals surface area (Å²) in [5.41, 5.74) is 1.88. The number of fused-ring (bicyclic) bond motifs is 1. The van der Waals surface area contributed by atoms with E-state index < -0.39 is 0 Å². The Kier molecular flexibility index (Phi) is 5.61. The fourth-order valence-electron chi connectivity index (χ4n) is 4.12. The molecule has 5 nitrogen and oxygen atoms in total. The Hall–Kier alpha value is -2.04. The van der Waals surface area contributed by atoms with Crippen LogP contribution >= 0.6 is 0 Å². The molecule has 136 valence electrons. The number of nitrogens with one attached hydrogen (secondary N) is 1. The molecule has 2 unspecified atom stereocenters. The zero-order valence-corrected chi connectivity index (χ0v) is 15.7. The lowest BCUT2D eigenvalue weighted by Gasteiger charge is -2.22. The number of aliphatic imine (C=N–C) groups is 1. The quantitative estimate of drug-likeness (QED) is 0.678. The van der Waals surface area contributed by atoms with Gasteiger partial charge in [0.15, 0.2) is 5.96 Å². The van der Waals surface area contributed by atoms with Crippen molar-refractivity contribution in [3.05, 3.63) is 35.4 Å².